The number of nitro benzene ring substituents is 1. The van der Waals surface area contributed by atoms with Gasteiger partial charge in [-0.15, -0.1) is 0 Å². The van der Waals surface area contributed by atoms with E-state index < -0.39 is 22.8 Å². The summed E-state index contributed by atoms with van der Waals surface area (Å²) in [5.41, 5.74) is 0.700. The van der Waals surface area contributed by atoms with Crippen molar-refractivity contribution in [1.29, 1.82) is 0 Å². The summed E-state index contributed by atoms with van der Waals surface area (Å²) in [4.78, 5) is 47.8. The molecule has 0 bridgehead atoms. The Hall–Kier alpha value is -3.23. The Morgan fingerprint density at radius 3 is 2.35 bits per heavy atom. The number of barbiturate groups is 1. The third-order valence-corrected chi connectivity index (χ3v) is 4.59. The average Bonchev–Trinajstić information content (AvgIpc) is 2.58. The molecule has 2 heterocycles. The minimum atomic E-state index is -0.888. The largest absolute Gasteiger partial charge is 0.371 e. The molecule has 0 aromatic heterocycles. The Kier molecular flexibility index (Phi) is 4.70. The number of piperidine rings is 1. The van der Waals surface area contributed by atoms with E-state index in [9.17, 15) is 24.5 Å². The number of nitro groups is 1. The number of nitrogens with one attached hydrogen (secondary N) is 2. The first-order chi connectivity index (χ1) is 12.3. The molecule has 4 amide bonds. The first-order valence-electron chi connectivity index (χ1n) is 8.27. The van der Waals surface area contributed by atoms with Crippen LogP contribution in [0.4, 0.5) is 16.2 Å². The number of urea groups is 1. The maximum atomic E-state index is 12.0. The van der Waals surface area contributed by atoms with E-state index in [0.717, 1.165) is 25.9 Å². The molecule has 0 atom stereocenters. The van der Waals surface area contributed by atoms with Gasteiger partial charge >= 0.3 is 6.03 Å². The van der Waals surface area contributed by atoms with Crippen molar-refractivity contribution in [2.45, 2.75) is 19.8 Å². The lowest BCUT2D eigenvalue weighted by Crippen LogP contribution is -2.51. The van der Waals surface area contributed by atoms with Crippen LogP contribution < -0.4 is 15.5 Å². The zero-order valence-electron chi connectivity index (χ0n) is 14.2. The number of non-ortho nitro benzene ring substituents is 1. The molecule has 0 radical (unpaired) electrons. The highest BCUT2D eigenvalue weighted by Crippen LogP contribution is 2.31. The summed E-state index contributed by atoms with van der Waals surface area (Å²) in [6.07, 6.45) is 3.27. The van der Waals surface area contributed by atoms with E-state index in [2.05, 4.69) is 11.8 Å². The van der Waals surface area contributed by atoms with Crippen molar-refractivity contribution in [3.05, 3.63) is 39.4 Å². The lowest BCUT2D eigenvalue weighted by atomic mass is 9.97. The summed E-state index contributed by atoms with van der Waals surface area (Å²) in [6, 6.07) is 3.48. The number of amides is 4. The van der Waals surface area contributed by atoms with Gasteiger partial charge in [0.15, 0.2) is 0 Å². The first-order valence-corrected chi connectivity index (χ1v) is 8.27. The number of benzene rings is 1. The number of imide groups is 2. The summed E-state index contributed by atoms with van der Waals surface area (Å²) in [5.74, 6) is -1.06. The number of nitrogens with zero attached hydrogens (tertiary/aromatic N) is 2. The molecule has 3 rings (SSSR count). The second-order valence-corrected chi connectivity index (χ2v) is 6.47. The quantitative estimate of drug-likeness (QED) is 0.366. The summed E-state index contributed by atoms with van der Waals surface area (Å²) in [5, 5.41) is 15.1. The van der Waals surface area contributed by atoms with Crippen LogP contribution in [-0.4, -0.2) is 35.9 Å². The minimum Gasteiger partial charge on any atom is -0.371 e. The number of rotatable bonds is 3. The molecule has 136 valence electrons. The molecule has 2 N–H and O–H groups in total. The zero-order chi connectivity index (χ0) is 18.8. The summed E-state index contributed by atoms with van der Waals surface area (Å²) in [6.45, 7) is 3.74. The number of carbonyl (C=O) groups excluding carboxylic acids is 3. The number of anilines is 1. The molecule has 0 saturated carbocycles. The van der Waals surface area contributed by atoms with Crippen LogP contribution in [0.1, 0.15) is 25.3 Å². The molecule has 0 spiro atoms. The van der Waals surface area contributed by atoms with E-state index in [1.807, 2.05) is 10.6 Å². The van der Waals surface area contributed by atoms with Gasteiger partial charge in [0, 0.05) is 36.5 Å². The molecule has 1 aromatic rings. The molecule has 2 aliphatic heterocycles. The molecule has 2 saturated heterocycles. The summed E-state index contributed by atoms with van der Waals surface area (Å²) in [7, 11) is 0. The molecule has 9 nitrogen and oxygen atoms in total. The fraction of sp³-hybridized carbons (Fsp3) is 0.353. The van der Waals surface area contributed by atoms with E-state index >= 15 is 0 Å². The Labute approximate surface area is 149 Å². The van der Waals surface area contributed by atoms with Crippen LogP contribution in [0.25, 0.3) is 6.08 Å². The molecule has 26 heavy (non-hydrogen) atoms. The van der Waals surface area contributed by atoms with Crippen molar-refractivity contribution in [3.8, 4) is 0 Å². The fourth-order valence-electron chi connectivity index (χ4n) is 3.07. The predicted octanol–water partition coefficient (Wildman–Crippen LogP) is 1.58. The maximum Gasteiger partial charge on any atom is 0.328 e. The van der Waals surface area contributed by atoms with E-state index in [4.69, 9.17) is 0 Å². The van der Waals surface area contributed by atoms with Gasteiger partial charge in [-0.1, -0.05) is 6.92 Å². The molecule has 0 unspecified atom stereocenters. The average molecular weight is 358 g/mol. The van der Waals surface area contributed by atoms with Gasteiger partial charge in [0.2, 0.25) is 0 Å². The fourth-order valence-corrected chi connectivity index (χ4v) is 3.07. The second-order valence-electron chi connectivity index (χ2n) is 6.47. The monoisotopic (exact) mass is 358 g/mol. The van der Waals surface area contributed by atoms with Crippen molar-refractivity contribution in [1.82, 2.24) is 10.6 Å². The molecule has 1 aromatic carbocycles. The van der Waals surface area contributed by atoms with Crippen LogP contribution in [0, 0.1) is 16.0 Å². The van der Waals surface area contributed by atoms with Crippen LogP contribution in [0.3, 0.4) is 0 Å². The Morgan fingerprint density at radius 1 is 1.15 bits per heavy atom. The van der Waals surface area contributed by atoms with E-state index in [1.54, 1.807) is 6.07 Å². The number of hydrogen-bond donors (Lipinski definition) is 2. The molecular weight excluding hydrogens is 340 g/mol. The van der Waals surface area contributed by atoms with Gasteiger partial charge in [-0.3, -0.25) is 30.3 Å². The SMILES string of the molecule is CC1CCN(c2ccc([N+](=O)[O-])cc2C=C2C(=O)NC(=O)NC2=O)CC1. The van der Waals surface area contributed by atoms with Crippen molar-refractivity contribution in [3.63, 3.8) is 0 Å². The highest BCUT2D eigenvalue weighted by atomic mass is 16.6. The summed E-state index contributed by atoms with van der Waals surface area (Å²) >= 11 is 0. The lowest BCUT2D eigenvalue weighted by Gasteiger charge is -2.33. The predicted molar refractivity (Wildman–Crippen MR) is 93.4 cm³/mol. The van der Waals surface area contributed by atoms with Crippen LogP contribution in [0.5, 0.6) is 0 Å². The molecule has 9 heteroatoms. The smallest absolute Gasteiger partial charge is 0.328 e. The normalized spacial score (nSPS) is 18.4. The third kappa shape index (κ3) is 3.56. The van der Waals surface area contributed by atoms with Gasteiger partial charge in [0.05, 0.1) is 4.92 Å². The van der Waals surface area contributed by atoms with Crippen LogP contribution in [0.15, 0.2) is 23.8 Å². The van der Waals surface area contributed by atoms with Crippen molar-refractivity contribution >= 4 is 35.3 Å². The topological polar surface area (TPSA) is 122 Å². The highest BCUT2D eigenvalue weighted by Gasteiger charge is 2.29. The second kappa shape index (κ2) is 6.95. The van der Waals surface area contributed by atoms with E-state index in [-0.39, 0.29) is 11.3 Å². The standard InChI is InChI=1S/C17H18N4O5/c1-10-4-6-20(7-5-10)14-3-2-12(21(25)26)8-11(14)9-13-15(22)18-17(24)19-16(13)23/h2-3,8-10H,4-7H2,1H3,(H2,18,19,22,23,24). The number of carbonyl (C=O) groups is 3. The molecule has 2 fully saturated rings. The van der Waals surface area contributed by atoms with Gasteiger partial charge in [-0.25, -0.2) is 4.79 Å². The molecular formula is C17H18N4O5. The summed E-state index contributed by atoms with van der Waals surface area (Å²) < 4.78 is 0. The van der Waals surface area contributed by atoms with E-state index in [1.165, 1.54) is 18.2 Å². The highest BCUT2D eigenvalue weighted by molar-refractivity contribution is 6.31. The lowest BCUT2D eigenvalue weighted by molar-refractivity contribution is -0.384. The van der Waals surface area contributed by atoms with Crippen molar-refractivity contribution in [2.24, 2.45) is 5.92 Å². The number of hydrogen-bond acceptors (Lipinski definition) is 6. The molecule has 2 aliphatic rings. The van der Waals surface area contributed by atoms with Gasteiger partial charge < -0.3 is 4.90 Å². The first kappa shape index (κ1) is 17.6. The minimum absolute atomic E-state index is 0.140. The van der Waals surface area contributed by atoms with Crippen LogP contribution >= 0.6 is 0 Å². The van der Waals surface area contributed by atoms with Gasteiger partial charge in [-0.05, 0) is 30.9 Å². The zero-order valence-corrected chi connectivity index (χ0v) is 14.2. The molecule has 0 aliphatic carbocycles. The van der Waals surface area contributed by atoms with E-state index in [0.29, 0.717) is 17.2 Å². The Morgan fingerprint density at radius 2 is 1.77 bits per heavy atom. The van der Waals surface area contributed by atoms with Gasteiger partial charge in [0.1, 0.15) is 5.57 Å². The maximum absolute atomic E-state index is 12.0. The van der Waals surface area contributed by atoms with Gasteiger partial charge in [-0.2, -0.15) is 0 Å². The third-order valence-electron chi connectivity index (χ3n) is 4.59. The van der Waals surface area contributed by atoms with Crippen LogP contribution in [0.2, 0.25) is 0 Å². The Balaban J connectivity index is 2.03. The van der Waals surface area contributed by atoms with Crippen molar-refractivity contribution < 1.29 is 19.3 Å². The Bertz CT molecular complexity index is 802. The van der Waals surface area contributed by atoms with Crippen LogP contribution in [-0.2, 0) is 9.59 Å². The van der Waals surface area contributed by atoms with Crippen molar-refractivity contribution in [2.75, 3.05) is 18.0 Å². The van der Waals surface area contributed by atoms with Gasteiger partial charge in [0.25, 0.3) is 17.5 Å².